The lowest BCUT2D eigenvalue weighted by Crippen LogP contribution is -2.11. The van der Waals surface area contributed by atoms with Crippen molar-refractivity contribution in [1.29, 1.82) is 0 Å². The lowest BCUT2D eigenvalue weighted by molar-refractivity contribution is 0.562. The highest BCUT2D eigenvalue weighted by Crippen LogP contribution is 2.29. The van der Waals surface area contributed by atoms with Crippen molar-refractivity contribution >= 4 is 31.9 Å². The number of hydrogen-bond acceptors (Lipinski definition) is 2. The molecule has 78 valence electrons. The van der Waals surface area contributed by atoms with E-state index in [1.807, 2.05) is 24.3 Å². The van der Waals surface area contributed by atoms with E-state index in [1.54, 1.807) is 12.5 Å². The minimum Gasteiger partial charge on any atom is -0.472 e. The quantitative estimate of drug-likeness (QED) is 0.908. The summed E-state index contributed by atoms with van der Waals surface area (Å²) in [5.41, 5.74) is 8.12. The molecule has 2 rings (SSSR count). The van der Waals surface area contributed by atoms with Crippen molar-refractivity contribution in [3.05, 3.63) is 56.9 Å². The number of rotatable bonds is 2. The molecule has 0 spiro atoms. The molecule has 0 radical (unpaired) electrons. The van der Waals surface area contributed by atoms with Gasteiger partial charge in [-0.15, -0.1) is 0 Å². The molecule has 0 fully saturated rings. The molecule has 15 heavy (non-hydrogen) atoms. The smallest absolute Gasteiger partial charge is 0.0953 e. The fourth-order valence-corrected chi connectivity index (χ4v) is 2.68. The van der Waals surface area contributed by atoms with Gasteiger partial charge in [-0.1, -0.05) is 37.9 Å². The fraction of sp³-hybridized carbons (Fsp3) is 0.0909. The van der Waals surface area contributed by atoms with Gasteiger partial charge in [0.05, 0.1) is 18.6 Å². The second-order valence-electron chi connectivity index (χ2n) is 3.20. The fourth-order valence-electron chi connectivity index (χ4n) is 1.39. The molecule has 2 nitrogen and oxygen atoms in total. The highest BCUT2D eigenvalue weighted by molar-refractivity contribution is 9.11. The Hall–Kier alpha value is -0.580. The Morgan fingerprint density at radius 1 is 1.20 bits per heavy atom. The SMILES string of the molecule is NC(c1ccoc1)c1ccc(Br)cc1Br. The second kappa shape index (κ2) is 4.51. The second-order valence-corrected chi connectivity index (χ2v) is 4.97. The van der Waals surface area contributed by atoms with Crippen LogP contribution < -0.4 is 5.73 Å². The van der Waals surface area contributed by atoms with E-state index in [2.05, 4.69) is 31.9 Å². The van der Waals surface area contributed by atoms with E-state index in [0.29, 0.717) is 0 Å². The number of nitrogens with two attached hydrogens (primary N) is 1. The van der Waals surface area contributed by atoms with Gasteiger partial charge in [0.1, 0.15) is 0 Å². The Kier molecular flexibility index (Phi) is 3.29. The highest BCUT2D eigenvalue weighted by Gasteiger charge is 2.13. The van der Waals surface area contributed by atoms with Crippen LogP contribution in [-0.4, -0.2) is 0 Å². The zero-order valence-electron chi connectivity index (χ0n) is 7.78. The van der Waals surface area contributed by atoms with Gasteiger partial charge in [0.25, 0.3) is 0 Å². The lowest BCUT2D eigenvalue weighted by Gasteiger charge is -2.12. The number of furan rings is 1. The van der Waals surface area contributed by atoms with Gasteiger partial charge >= 0.3 is 0 Å². The number of halogens is 2. The Labute approximate surface area is 105 Å². The van der Waals surface area contributed by atoms with Gasteiger partial charge in [0, 0.05) is 14.5 Å². The van der Waals surface area contributed by atoms with Gasteiger partial charge in [-0.3, -0.25) is 0 Å². The summed E-state index contributed by atoms with van der Waals surface area (Å²) in [6.45, 7) is 0. The van der Waals surface area contributed by atoms with Crippen molar-refractivity contribution < 1.29 is 4.42 Å². The molecule has 1 heterocycles. The largest absolute Gasteiger partial charge is 0.472 e. The van der Waals surface area contributed by atoms with Crippen LogP contribution in [0.5, 0.6) is 0 Å². The molecular weight excluding hydrogens is 322 g/mol. The Balaban J connectivity index is 2.38. The Morgan fingerprint density at radius 3 is 2.60 bits per heavy atom. The van der Waals surface area contributed by atoms with E-state index < -0.39 is 0 Å². The van der Waals surface area contributed by atoms with Crippen molar-refractivity contribution in [3.8, 4) is 0 Å². The van der Waals surface area contributed by atoms with Crippen molar-refractivity contribution in [2.45, 2.75) is 6.04 Å². The summed E-state index contributed by atoms with van der Waals surface area (Å²) in [6, 6.07) is 7.66. The van der Waals surface area contributed by atoms with Gasteiger partial charge < -0.3 is 10.2 Å². The zero-order chi connectivity index (χ0) is 10.8. The molecule has 0 aliphatic rings. The summed E-state index contributed by atoms with van der Waals surface area (Å²) >= 11 is 6.90. The first-order chi connectivity index (χ1) is 7.18. The maximum Gasteiger partial charge on any atom is 0.0953 e. The van der Waals surface area contributed by atoms with E-state index in [4.69, 9.17) is 10.2 Å². The van der Waals surface area contributed by atoms with E-state index >= 15 is 0 Å². The van der Waals surface area contributed by atoms with Gasteiger partial charge in [-0.05, 0) is 23.8 Å². The Bertz CT molecular complexity index is 454. The first-order valence-corrected chi connectivity index (χ1v) is 5.99. The minimum atomic E-state index is -0.161. The normalized spacial score (nSPS) is 12.7. The van der Waals surface area contributed by atoms with Crippen LogP contribution in [0, 0.1) is 0 Å². The summed E-state index contributed by atoms with van der Waals surface area (Å²) in [5, 5.41) is 0. The van der Waals surface area contributed by atoms with E-state index in [1.165, 1.54) is 0 Å². The van der Waals surface area contributed by atoms with E-state index in [-0.39, 0.29) is 6.04 Å². The summed E-state index contributed by atoms with van der Waals surface area (Å²) < 4.78 is 7.03. The van der Waals surface area contributed by atoms with Crippen LogP contribution in [-0.2, 0) is 0 Å². The molecule has 2 N–H and O–H groups in total. The van der Waals surface area contributed by atoms with Crippen LogP contribution in [0.3, 0.4) is 0 Å². The molecule has 0 aliphatic heterocycles. The number of hydrogen-bond donors (Lipinski definition) is 1. The average molecular weight is 331 g/mol. The molecule has 0 aliphatic carbocycles. The third-order valence-electron chi connectivity index (χ3n) is 2.20. The summed E-state index contributed by atoms with van der Waals surface area (Å²) in [6.07, 6.45) is 3.29. The van der Waals surface area contributed by atoms with Crippen LogP contribution in [0.15, 0.2) is 50.2 Å². The lowest BCUT2D eigenvalue weighted by atomic mass is 10.0. The van der Waals surface area contributed by atoms with Crippen molar-refractivity contribution in [2.75, 3.05) is 0 Å². The minimum absolute atomic E-state index is 0.161. The first-order valence-electron chi connectivity index (χ1n) is 4.41. The summed E-state index contributed by atoms with van der Waals surface area (Å²) in [5.74, 6) is 0. The van der Waals surface area contributed by atoms with Crippen LogP contribution in [0.2, 0.25) is 0 Å². The molecule has 0 amide bonds. The van der Waals surface area contributed by atoms with E-state index in [0.717, 1.165) is 20.1 Å². The molecule has 2 aromatic rings. The van der Waals surface area contributed by atoms with Gasteiger partial charge in [-0.25, -0.2) is 0 Å². The van der Waals surface area contributed by atoms with Crippen molar-refractivity contribution in [2.24, 2.45) is 5.73 Å². The van der Waals surface area contributed by atoms with Crippen molar-refractivity contribution in [1.82, 2.24) is 0 Å². The summed E-state index contributed by atoms with van der Waals surface area (Å²) in [7, 11) is 0. The van der Waals surface area contributed by atoms with Crippen LogP contribution >= 0.6 is 31.9 Å². The third-order valence-corrected chi connectivity index (χ3v) is 3.38. The highest BCUT2D eigenvalue weighted by atomic mass is 79.9. The van der Waals surface area contributed by atoms with Gasteiger partial charge in [0.15, 0.2) is 0 Å². The molecule has 1 aromatic heterocycles. The molecule has 0 saturated heterocycles. The molecule has 1 aromatic carbocycles. The predicted octanol–water partition coefficient (Wildman–Crippen LogP) is 3.85. The van der Waals surface area contributed by atoms with Gasteiger partial charge in [-0.2, -0.15) is 0 Å². The maximum atomic E-state index is 6.11. The first kappa shape index (κ1) is 10.9. The summed E-state index contributed by atoms with van der Waals surface area (Å²) in [4.78, 5) is 0. The van der Waals surface area contributed by atoms with E-state index in [9.17, 15) is 0 Å². The standard InChI is InChI=1S/C11H9Br2NO/c12-8-1-2-9(10(13)5-8)11(14)7-3-4-15-6-7/h1-6,11H,14H2. The molecule has 4 heteroatoms. The van der Waals surface area contributed by atoms with Crippen molar-refractivity contribution in [3.63, 3.8) is 0 Å². The van der Waals surface area contributed by atoms with Crippen LogP contribution in [0.25, 0.3) is 0 Å². The molecule has 1 atom stereocenters. The van der Waals surface area contributed by atoms with Crippen LogP contribution in [0.1, 0.15) is 17.2 Å². The molecule has 0 saturated carbocycles. The Morgan fingerprint density at radius 2 is 2.00 bits per heavy atom. The van der Waals surface area contributed by atoms with Gasteiger partial charge in [0.2, 0.25) is 0 Å². The molecular formula is C11H9Br2NO. The average Bonchev–Trinajstić information content (AvgIpc) is 2.69. The number of benzene rings is 1. The predicted molar refractivity (Wildman–Crippen MR) is 66.6 cm³/mol. The molecule has 0 bridgehead atoms. The maximum absolute atomic E-state index is 6.11. The molecule has 1 unspecified atom stereocenters. The van der Waals surface area contributed by atoms with Crippen LogP contribution in [0.4, 0.5) is 0 Å². The third kappa shape index (κ3) is 2.33. The topological polar surface area (TPSA) is 39.2 Å². The zero-order valence-corrected chi connectivity index (χ0v) is 11.0. The monoisotopic (exact) mass is 329 g/mol.